The number of carbonyl (C=O) groups is 1. The van der Waals surface area contributed by atoms with Crippen molar-refractivity contribution in [2.45, 2.75) is 58.4 Å². The summed E-state index contributed by atoms with van der Waals surface area (Å²) in [5.74, 6) is 1.36. The fourth-order valence-electron chi connectivity index (χ4n) is 4.35. The lowest BCUT2D eigenvalue weighted by Gasteiger charge is -2.26. The summed E-state index contributed by atoms with van der Waals surface area (Å²) < 4.78 is 13.7. The minimum absolute atomic E-state index is 0.0698. The lowest BCUT2D eigenvalue weighted by atomic mass is 9.95. The van der Waals surface area contributed by atoms with E-state index in [1.54, 1.807) is 0 Å². The topological polar surface area (TPSA) is 52.5 Å². The van der Waals surface area contributed by atoms with Crippen LogP contribution in [0.15, 0.2) is 24.3 Å². The van der Waals surface area contributed by atoms with Gasteiger partial charge in [-0.1, -0.05) is 19.3 Å². The number of nitrogens with zero attached hydrogens (tertiary/aromatic N) is 1. The molecule has 144 valence electrons. The molecule has 0 spiro atoms. The molecule has 0 atom stereocenters. The Bertz CT molecular complexity index is 834. The Labute approximate surface area is 160 Å². The van der Waals surface area contributed by atoms with Gasteiger partial charge >= 0.3 is 0 Å². The van der Waals surface area contributed by atoms with Gasteiger partial charge in [-0.2, -0.15) is 0 Å². The molecular formula is C22H28N2O3. The number of hydrogen-bond acceptors (Lipinski definition) is 3. The van der Waals surface area contributed by atoms with E-state index >= 15 is 0 Å². The van der Waals surface area contributed by atoms with Gasteiger partial charge in [0.15, 0.2) is 11.5 Å². The molecule has 0 saturated heterocycles. The van der Waals surface area contributed by atoms with E-state index in [1.165, 1.54) is 37.8 Å². The largest absolute Gasteiger partial charge is 0.490 e. The molecule has 1 aromatic carbocycles. The normalized spacial score (nSPS) is 17.4. The third kappa shape index (κ3) is 3.68. The molecule has 0 bridgehead atoms. The molecule has 1 aliphatic carbocycles. The van der Waals surface area contributed by atoms with E-state index in [1.807, 2.05) is 24.3 Å². The third-order valence-electron chi connectivity index (χ3n) is 5.67. The number of amides is 1. The summed E-state index contributed by atoms with van der Waals surface area (Å²) in [7, 11) is 0. The van der Waals surface area contributed by atoms with Crippen LogP contribution in [0.2, 0.25) is 0 Å². The smallest absolute Gasteiger partial charge is 0.257 e. The highest BCUT2D eigenvalue weighted by Gasteiger charge is 2.23. The molecule has 1 aliphatic heterocycles. The molecule has 1 aromatic heterocycles. The van der Waals surface area contributed by atoms with Crippen LogP contribution in [0.5, 0.6) is 11.5 Å². The van der Waals surface area contributed by atoms with Crippen LogP contribution in [-0.2, 0) is 0 Å². The van der Waals surface area contributed by atoms with Crippen LogP contribution in [0, 0.1) is 13.8 Å². The first-order valence-electron chi connectivity index (χ1n) is 10.0. The second-order valence-electron chi connectivity index (χ2n) is 7.61. The Morgan fingerprint density at radius 2 is 1.74 bits per heavy atom. The number of ether oxygens (including phenoxy) is 2. The second-order valence-corrected chi connectivity index (χ2v) is 7.61. The minimum atomic E-state index is -0.0698. The van der Waals surface area contributed by atoms with Gasteiger partial charge in [-0.05, 0) is 44.9 Å². The highest BCUT2D eigenvalue weighted by molar-refractivity contribution is 6.05. The third-order valence-corrected chi connectivity index (χ3v) is 5.67. The molecule has 2 aliphatic rings. The molecule has 2 heterocycles. The second kappa shape index (κ2) is 7.67. The number of benzene rings is 1. The number of aryl methyl sites for hydroxylation is 1. The number of carbonyl (C=O) groups excluding carboxylic acids is 1. The number of nitrogens with one attached hydrogen (secondary N) is 1. The van der Waals surface area contributed by atoms with E-state index in [4.69, 9.17) is 9.47 Å². The predicted octanol–water partition coefficient (Wildman–Crippen LogP) is 5.02. The van der Waals surface area contributed by atoms with E-state index in [0.717, 1.165) is 29.1 Å². The molecule has 0 radical (unpaired) electrons. The maximum absolute atomic E-state index is 12.9. The summed E-state index contributed by atoms with van der Waals surface area (Å²) in [6.45, 7) is 5.45. The molecule has 1 amide bonds. The van der Waals surface area contributed by atoms with Gasteiger partial charge in [0.25, 0.3) is 5.91 Å². The summed E-state index contributed by atoms with van der Waals surface area (Å²) in [5.41, 5.74) is 3.71. The fourth-order valence-corrected chi connectivity index (χ4v) is 4.35. The van der Waals surface area contributed by atoms with Gasteiger partial charge < -0.3 is 19.4 Å². The van der Waals surface area contributed by atoms with Crippen molar-refractivity contribution in [2.75, 3.05) is 18.5 Å². The zero-order valence-electron chi connectivity index (χ0n) is 16.2. The van der Waals surface area contributed by atoms with Crippen molar-refractivity contribution in [1.29, 1.82) is 0 Å². The highest BCUT2D eigenvalue weighted by atomic mass is 16.5. The molecule has 1 saturated carbocycles. The van der Waals surface area contributed by atoms with Crippen LogP contribution in [0.4, 0.5) is 5.69 Å². The van der Waals surface area contributed by atoms with Gasteiger partial charge in [0.2, 0.25) is 0 Å². The quantitative estimate of drug-likeness (QED) is 0.827. The van der Waals surface area contributed by atoms with Crippen molar-refractivity contribution in [3.05, 3.63) is 41.2 Å². The van der Waals surface area contributed by atoms with Crippen molar-refractivity contribution in [1.82, 2.24) is 4.57 Å². The van der Waals surface area contributed by atoms with Crippen LogP contribution in [0.25, 0.3) is 0 Å². The maximum Gasteiger partial charge on any atom is 0.257 e. The Morgan fingerprint density at radius 1 is 1.00 bits per heavy atom. The van der Waals surface area contributed by atoms with Crippen LogP contribution in [0.3, 0.4) is 0 Å². The molecule has 27 heavy (non-hydrogen) atoms. The van der Waals surface area contributed by atoms with Crippen molar-refractivity contribution in [3.63, 3.8) is 0 Å². The van der Waals surface area contributed by atoms with Gasteiger partial charge in [0.05, 0.1) is 18.8 Å². The van der Waals surface area contributed by atoms with Gasteiger partial charge in [0.1, 0.15) is 0 Å². The van der Waals surface area contributed by atoms with E-state index in [-0.39, 0.29) is 5.91 Å². The first kappa shape index (κ1) is 18.0. The molecule has 0 unspecified atom stereocenters. The zero-order valence-corrected chi connectivity index (χ0v) is 16.2. The first-order valence-corrected chi connectivity index (χ1v) is 10.0. The van der Waals surface area contributed by atoms with E-state index in [0.29, 0.717) is 25.0 Å². The van der Waals surface area contributed by atoms with Crippen molar-refractivity contribution in [3.8, 4) is 11.5 Å². The standard InChI is InChI=1S/C22H28N2O3/c1-15-13-19(16(2)24(15)18-7-4-3-5-8-18)22(25)23-17-9-10-20-21(14-17)27-12-6-11-26-20/h9-10,13-14,18H,3-8,11-12H2,1-2H3,(H,23,25). The summed E-state index contributed by atoms with van der Waals surface area (Å²) >= 11 is 0. The number of hydrogen-bond donors (Lipinski definition) is 1. The first-order chi connectivity index (χ1) is 13.1. The number of anilines is 1. The van der Waals surface area contributed by atoms with Gasteiger partial charge in [-0.25, -0.2) is 0 Å². The average molecular weight is 368 g/mol. The van der Waals surface area contributed by atoms with Gasteiger partial charge in [-0.3, -0.25) is 4.79 Å². The molecule has 1 N–H and O–H groups in total. The lowest BCUT2D eigenvalue weighted by molar-refractivity contribution is 0.102. The molecule has 2 aromatic rings. The van der Waals surface area contributed by atoms with Crippen molar-refractivity contribution >= 4 is 11.6 Å². The maximum atomic E-state index is 12.9. The number of fused-ring (bicyclic) bond motifs is 1. The lowest BCUT2D eigenvalue weighted by Crippen LogP contribution is -2.17. The highest BCUT2D eigenvalue weighted by Crippen LogP contribution is 2.34. The molecular weight excluding hydrogens is 340 g/mol. The Balaban J connectivity index is 1.54. The molecule has 5 nitrogen and oxygen atoms in total. The van der Waals surface area contributed by atoms with Crippen LogP contribution < -0.4 is 14.8 Å². The van der Waals surface area contributed by atoms with Gasteiger partial charge in [-0.15, -0.1) is 0 Å². The molecule has 5 heteroatoms. The van der Waals surface area contributed by atoms with Crippen LogP contribution in [-0.4, -0.2) is 23.7 Å². The van der Waals surface area contributed by atoms with Crippen LogP contribution in [0.1, 0.15) is 66.3 Å². The number of rotatable bonds is 3. The fraction of sp³-hybridized carbons (Fsp3) is 0.500. The van der Waals surface area contributed by atoms with Crippen molar-refractivity contribution in [2.24, 2.45) is 0 Å². The summed E-state index contributed by atoms with van der Waals surface area (Å²) in [5, 5.41) is 3.03. The summed E-state index contributed by atoms with van der Waals surface area (Å²) in [6.07, 6.45) is 7.16. The van der Waals surface area contributed by atoms with Crippen LogP contribution >= 0.6 is 0 Å². The summed E-state index contributed by atoms with van der Waals surface area (Å²) in [6, 6.07) is 8.12. The van der Waals surface area contributed by atoms with E-state index in [9.17, 15) is 4.79 Å². The Hall–Kier alpha value is -2.43. The summed E-state index contributed by atoms with van der Waals surface area (Å²) in [4.78, 5) is 12.9. The zero-order chi connectivity index (χ0) is 18.8. The predicted molar refractivity (Wildman–Crippen MR) is 106 cm³/mol. The minimum Gasteiger partial charge on any atom is -0.490 e. The SMILES string of the molecule is Cc1cc(C(=O)Nc2ccc3c(c2)OCCCO3)c(C)n1C1CCCCC1. The van der Waals surface area contributed by atoms with Crippen molar-refractivity contribution < 1.29 is 14.3 Å². The van der Waals surface area contributed by atoms with Gasteiger partial charge in [0, 0.05) is 35.6 Å². The monoisotopic (exact) mass is 368 g/mol. The van der Waals surface area contributed by atoms with E-state index < -0.39 is 0 Å². The Morgan fingerprint density at radius 3 is 2.52 bits per heavy atom. The van der Waals surface area contributed by atoms with E-state index in [2.05, 4.69) is 23.7 Å². The number of aromatic nitrogens is 1. The Kier molecular flexibility index (Phi) is 5.10. The average Bonchev–Trinajstić information content (AvgIpc) is 2.83. The molecule has 1 fully saturated rings. The molecule has 4 rings (SSSR count).